The number of amides is 3. The number of carbonyl (C=O) groups excluding carboxylic acids is 2. The fourth-order valence-corrected chi connectivity index (χ4v) is 3.36. The molecule has 4 N–H and O–H groups in total. The molecule has 10 nitrogen and oxygen atoms in total. The molecule has 0 radical (unpaired) electrons. The normalized spacial score (nSPS) is 10.6. The van der Waals surface area contributed by atoms with Crippen LogP contribution in [0.15, 0.2) is 48.7 Å². The Balaban J connectivity index is 1.67. The number of hydrazine groups is 1. The quantitative estimate of drug-likeness (QED) is 0.285. The second kappa shape index (κ2) is 12.8. The van der Waals surface area contributed by atoms with Crippen LogP contribution < -0.4 is 31.0 Å². The highest BCUT2D eigenvalue weighted by Gasteiger charge is 2.13. The fraction of sp³-hybridized carbons (Fsp3) is 0.269. The summed E-state index contributed by atoms with van der Waals surface area (Å²) in [5.41, 5.74) is 8.46. The molecule has 3 rings (SSSR count). The summed E-state index contributed by atoms with van der Waals surface area (Å²) >= 11 is 6.26. The number of hydrogen-bond acceptors (Lipinski definition) is 7. The topological polar surface area (TPSA) is 117 Å². The zero-order valence-electron chi connectivity index (χ0n) is 21.4. The predicted molar refractivity (Wildman–Crippen MR) is 145 cm³/mol. The van der Waals surface area contributed by atoms with Gasteiger partial charge in [-0.05, 0) is 57.8 Å². The summed E-state index contributed by atoms with van der Waals surface area (Å²) in [6.45, 7) is 4.85. The SMILES string of the molecule is CNC(=O)c1cc(Oc2cccc(NNC(=O)Nc3cc(C)c(Cl)cc3OCCN(C)C)c2C)ccn1. The highest BCUT2D eigenvalue weighted by molar-refractivity contribution is 6.31. The Bertz CT molecular complexity index is 1270. The van der Waals surface area contributed by atoms with Gasteiger partial charge in [-0.15, -0.1) is 0 Å². The molecule has 11 heteroatoms. The number of aromatic nitrogens is 1. The molecule has 0 aliphatic heterocycles. The summed E-state index contributed by atoms with van der Waals surface area (Å²) in [6, 6.07) is 11.5. The average molecular weight is 527 g/mol. The first-order valence-electron chi connectivity index (χ1n) is 11.5. The van der Waals surface area contributed by atoms with Crippen LogP contribution in [0.25, 0.3) is 0 Å². The van der Waals surface area contributed by atoms with Crippen molar-refractivity contribution < 1.29 is 19.1 Å². The highest BCUT2D eigenvalue weighted by atomic mass is 35.5. The lowest BCUT2D eigenvalue weighted by Gasteiger charge is -2.18. The minimum absolute atomic E-state index is 0.243. The Kier molecular flexibility index (Phi) is 9.53. The number of pyridine rings is 1. The van der Waals surface area contributed by atoms with Crippen LogP contribution in [0, 0.1) is 13.8 Å². The Morgan fingerprint density at radius 3 is 2.57 bits per heavy atom. The molecule has 3 amide bonds. The number of hydrogen-bond donors (Lipinski definition) is 4. The monoisotopic (exact) mass is 526 g/mol. The van der Waals surface area contributed by atoms with Crippen molar-refractivity contribution in [3.05, 3.63) is 70.5 Å². The summed E-state index contributed by atoms with van der Waals surface area (Å²) in [4.78, 5) is 30.6. The lowest BCUT2D eigenvalue weighted by Crippen LogP contribution is -2.34. The van der Waals surface area contributed by atoms with Crippen molar-refractivity contribution in [2.75, 3.05) is 45.0 Å². The number of carbonyl (C=O) groups is 2. The smallest absolute Gasteiger partial charge is 0.337 e. The van der Waals surface area contributed by atoms with E-state index in [0.717, 1.165) is 11.1 Å². The summed E-state index contributed by atoms with van der Waals surface area (Å²) < 4.78 is 11.8. The van der Waals surface area contributed by atoms with E-state index in [4.69, 9.17) is 21.1 Å². The van der Waals surface area contributed by atoms with Crippen LogP contribution in [-0.2, 0) is 0 Å². The Morgan fingerprint density at radius 2 is 1.84 bits per heavy atom. The van der Waals surface area contributed by atoms with Crippen LogP contribution >= 0.6 is 11.6 Å². The van der Waals surface area contributed by atoms with Crippen molar-refractivity contribution in [1.29, 1.82) is 0 Å². The molecular weight excluding hydrogens is 496 g/mol. The molecule has 37 heavy (non-hydrogen) atoms. The van der Waals surface area contributed by atoms with Crippen LogP contribution in [0.1, 0.15) is 21.6 Å². The fourth-order valence-electron chi connectivity index (χ4n) is 3.21. The number of likely N-dealkylation sites (N-methyl/N-ethyl adjacent to an activating group) is 1. The minimum Gasteiger partial charge on any atom is -0.490 e. The van der Waals surface area contributed by atoms with Gasteiger partial charge in [-0.2, -0.15) is 0 Å². The predicted octanol–water partition coefficient (Wildman–Crippen LogP) is 4.59. The number of anilines is 2. The summed E-state index contributed by atoms with van der Waals surface area (Å²) in [7, 11) is 5.43. The Morgan fingerprint density at radius 1 is 1.05 bits per heavy atom. The van der Waals surface area contributed by atoms with Crippen molar-refractivity contribution in [1.82, 2.24) is 20.6 Å². The van der Waals surface area contributed by atoms with Gasteiger partial charge in [0.2, 0.25) is 0 Å². The third-order valence-electron chi connectivity index (χ3n) is 5.32. The Labute approximate surface area is 221 Å². The van der Waals surface area contributed by atoms with E-state index in [1.54, 1.807) is 42.5 Å². The molecule has 1 aromatic heterocycles. The molecule has 0 unspecified atom stereocenters. The maximum Gasteiger partial charge on any atom is 0.337 e. The number of nitrogens with zero attached hydrogens (tertiary/aromatic N) is 2. The van der Waals surface area contributed by atoms with Gasteiger partial charge in [-0.1, -0.05) is 17.7 Å². The first-order valence-corrected chi connectivity index (χ1v) is 11.9. The van der Waals surface area contributed by atoms with Gasteiger partial charge in [0.25, 0.3) is 5.91 Å². The summed E-state index contributed by atoms with van der Waals surface area (Å²) in [6.07, 6.45) is 1.50. The summed E-state index contributed by atoms with van der Waals surface area (Å²) in [5.74, 6) is 1.17. The van der Waals surface area contributed by atoms with Gasteiger partial charge >= 0.3 is 6.03 Å². The number of rotatable bonds is 10. The van der Waals surface area contributed by atoms with Crippen LogP contribution in [0.4, 0.5) is 16.2 Å². The molecule has 196 valence electrons. The molecule has 1 heterocycles. The van der Waals surface area contributed by atoms with Crippen LogP contribution in [0.5, 0.6) is 17.2 Å². The summed E-state index contributed by atoms with van der Waals surface area (Å²) in [5, 5.41) is 5.88. The lowest BCUT2D eigenvalue weighted by molar-refractivity contribution is 0.0957. The standard InChI is InChI=1S/C26H31ClN6O4/c1-16-13-21(24(15-19(16)27)36-12-11-33(4)5)30-26(35)32-31-20-7-6-8-23(17(20)2)37-18-9-10-29-22(14-18)25(34)28-3/h6-10,13-15,31H,11-12H2,1-5H3,(H,28,34)(H2,30,32,35). The van der Waals surface area contributed by atoms with Crippen molar-refractivity contribution in [3.8, 4) is 17.2 Å². The number of halogens is 1. The maximum absolute atomic E-state index is 12.7. The number of nitrogens with one attached hydrogen (secondary N) is 4. The van der Waals surface area contributed by atoms with E-state index in [-0.39, 0.29) is 11.6 Å². The zero-order valence-corrected chi connectivity index (χ0v) is 22.2. The van der Waals surface area contributed by atoms with Crippen molar-refractivity contribution >= 4 is 34.9 Å². The van der Waals surface area contributed by atoms with Gasteiger partial charge in [-0.25, -0.2) is 4.79 Å². The zero-order chi connectivity index (χ0) is 26.9. The largest absolute Gasteiger partial charge is 0.490 e. The molecule has 3 aromatic rings. The van der Waals surface area contributed by atoms with Gasteiger partial charge in [0.05, 0.1) is 11.4 Å². The van der Waals surface area contributed by atoms with E-state index in [2.05, 4.69) is 26.5 Å². The van der Waals surface area contributed by atoms with Gasteiger partial charge in [0.15, 0.2) is 0 Å². The minimum atomic E-state index is -0.491. The van der Waals surface area contributed by atoms with Crippen molar-refractivity contribution in [3.63, 3.8) is 0 Å². The van der Waals surface area contributed by atoms with E-state index in [1.807, 2.05) is 32.8 Å². The molecule has 0 aliphatic carbocycles. The molecule has 0 atom stereocenters. The third kappa shape index (κ3) is 7.73. The second-order valence-corrected chi connectivity index (χ2v) is 8.85. The highest BCUT2D eigenvalue weighted by Crippen LogP contribution is 2.32. The maximum atomic E-state index is 12.7. The van der Waals surface area contributed by atoms with E-state index in [0.29, 0.717) is 46.8 Å². The lowest BCUT2D eigenvalue weighted by atomic mass is 10.2. The van der Waals surface area contributed by atoms with Gasteiger partial charge in [0.1, 0.15) is 29.5 Å². The number of ether oxygens (including phenoxy) is 2. The first kappa shape index (κ1) is 27.6. The second-order valence-electron chi connectivity index (χ2n) is 8.44. The van der Waals surface area contributed by atoms with Crippen LogP contribution in [-0.4, -0.2) is 56.1 Å². The molecule has 0 spiro atoms. The van der Waals surface area contributed by atoms with Crippen LogP contribution in [0.3, 0.4) is 0 Å². The number of aryl methyl sites for hydroxylation is 1. The third-order valence-corrected chi connectivity index (χ3v) is 5.73. The van der Waals surface area contributed by atoms with Crippen molar-refractivity contribution in [2.45, 2.75) is 13.8 Å². The van der Waals surface area contributed by atoms with E-state index in [1.165, 1.54) is 13.2 Å². The molecule has 0 saturated carbocycles. The molecule has 0 aliphatic rings. The number of benzene rings is 2. The Hall–Kier alpha value is -4.02. The van der Waals surface area contributed by atoms with Gasteiger partial charge in [-0.3, -0.25) is 20.6 Å². The first-order chi connectivity index (χ1) is 17.7. The van der Waals surface area contributed by atoms with E-state index in [9.17, 15) is 9.59 Å². The van der Waals surface area contributed by atoms with Gasteiger partial charge in [0, 0.05) is 42.5 Å². The molecule has 0 fully saturated rings. The molecule has 0 bridgehead atoms. The van der Waals surface area contributed by atoms with Crippen LogP contribution in [0.2, 0.25) is 5.02 Å². The molecule has 2 aromatic carbocycles. The van der Waals surface area contributed by atoms with E-state index >= 15 is 0 Å². The average Bonchev–Trinajstić information content (AvgIpc) is 2.87. The number of urea groups is 1. The van der Waals surface area contributed by atoms with E-state index < -0.39 is 6.03 Å². The molecule has 0 saturated heterocycles. The molecular formula is C26H31ClN6O4. The van der Waals surface area contributed by atoms with Crippen molar-refractivity contribution in [2.24, 2.45) is 0 Å². The van der Waals surface area contributed by atoms with Gasteiger partial charge < -0.3 is 25.0 Å².